The van der Waals surface area contributed by atoms with Crippen molar-refractivity contribution in [3.8, 4) is 11.5 Å². The second-order valence-electron chi connectivity index (χ2n) is 3.49. The maximum Gasteiger partial charge on any atom is 0.161 e. The summed E-state index contributed by atoms with van der Waals surface area (Å²) in [6.07, 6.45) is 2.06. The lowest BCUT2D eigenvalue weighted by atomic mass is 10.1. The summed E-state index contributed by atoms with van der Waals surface area (Å²) in [7, 11) is 5.10. The molecule has 0 fully saturated rings. The highest BCUT2D eigenvalue weighted by molar-refractivity contribution is 6.01. The molecule has 0 amide bonds. The van der Waals surface area contributed by atoms with Gasteiger partial charge in [-0.1, -0.05) is 13.3 Å². The average Bonchev–Trinajstić information content (AvgIpc) is 2.35. The lowest BCUT2D eigenvalue weighted by Gasteiger charge is -2.10. The lowest BCUT2D eigenvalue weighted by molar-refractivity contribution is 0.355. The fraction of sp³-hybridized carbons (Fsp3) is 0.462. The third kappa shape index (κ3) is 2.75. The number of rotatable bonds is 5. The molecule has 0 aliphatic carbocycles. The van der Waals surface area contributed by atoms with E-state index >= 15 is 0 Å². The molecule has 0 spiro atoms. The van der Waals surface area contributed by atoms with Gasteiger partial charge in [0.15, 0.2) is 11.5 Å². The van der Waals surface area contributed by atoms with Crippen LogP contribution in [0, 0.1) is 0 Å². The topological polar surface area (TPSA) is 30.8 Å². The van der Waals surface area contributed by atoms with Crippen LogP contribution in [0.15, 0.2) is 23.2 Å². The molecule has 16 heavy (non-hydrogen) atoms. The molecule has 0 unspecified atom stereocenters. The zero-order valence-electron chi connectivity index (χ0n) is 10.4. The van der Waals surface area contributed by atoms with Crippen LogP contribution in [0.2, 0.25) is 0 Å². The first-order chi connectivity index (χ1) is 7.76. The van der Waals surface area contributed by atoms with E-state index in [2.05, 4.69) is 11.9 Å². The SMILES string of the molecule is CCCC(=NC)c1ccc(OC)c(OC)c1. The van der Waals surface area contributed by atoms with E-state index in [0.717, 1.165) is 35.6 Å². The van der Waals surface area contributed by atoms with E-state index in [4.69, 9.17) is 9.47 Å². The van der Waals surface area contributed by atoms with Crippen molar-refractivity contribution in [1.29, 1.82) is 0 Å². The highest BCUT2D eigenvalue weighted by atomic mass is 16.5. The number of methoxy groups -OCH3 is 2. The summed E-state index contributed by atoms with van der Waals surface area (Å²) in [6.45, 7) is 2.14. The molecule has 1 rings (SSSR count). The van der Waals surface area contributed by atoms with E-state index in [1.807, 2.05) is 25.2 Å². The highest BCUT2D eigenvalue weighted by Crippen LogP contribution is 2.28. The van der Waals surface area contributed by atoms with Crippen LogP contribution in [0.1, 0.15) is 25.3 Å². The molecule has 0 aromatic heterocycles. The van der Waals surface area contributed by atoms with Crippen LogP contribution in [0.5, 0.6) is 11.5 Å². The molecule has 0 heterocycles. The number of ether oxygens (including phenoxy) is 2. The normalized spacial score (nSPS) is 11.4. The van der Waals surface area contributed by atoms with Gasteiger partial charge < -0.3 is 9.47 Å². The van der Waals surface area contributed by atoms with Crippen molar-refractivity contribution in [2.24, 2.45) is 4.99 Å². The minimum absolute atomic E-state index is 0.747. The van der Waals surface area contributed by atoms with Crippen LogP contribution < -0.4 is 9.47 Å². The van der Waals surface area contributed by atoms with Crippen molar-refractivity contribution in [3.05, 3.63) is 23.8 Å². The predicted octanol–water partition coefficient (Wildman–Crippen LogP) is 2.92. The van der Waals surface area contributed by atoms with Crippen LogP contribution in [-0.4, -0.2) is 27.0 Å². The van der Waals surface area contributed by atoms with Gasteiger partial charge in [0.05, 0.1) is 14.2 Å². The van der Waals surface area contributed by atoms with E-state index < -0.39 is 0 Å². The van der Waals surface area contributed by atoms with Gasteiger partial charge in [-0.05, 0) is 30.2 Å². The summed E-state index contributed by atoms with van der Waals surface area (Å²) in [4.78, 5) is 4.30. The Labute approximate surface area is 97.1 Å². The molecule has 0 saturated heterocycles. The van der Waals surface area contributed by atoms with Gasteiger partial charge in [-0.25, -0.2) is 0 Å². The van der Waals surface area contributed by atoms with Gasteiger partial charge in [-0.3, -0.25) is 4.99 Å². The Bertz CT molecular complexity index is 372. The first-order valence-corrected chi connectivity index (χ1v) is 5.44. The number of nitrogens with zero attached hydrogens (tertiary/aromatic N) is 1. The summed E-state index contributed by atoms with van der Waals surface area (Å²) in [5.74, 6) is 1.50. The first kappa shape index (κ1) is 12.6. The molecule has 0 saturated carbocycles. The van der Waals surface area contributed by atoms with E-state index in [0.29, 0.717) is 0 Å². The highest BCUT2D eigenvalue weighted by Gasteiger charge is 2.07. The maximum absolute atomic E-state index is 5.27. The summed E-state index contributed by atoms with van der Waals surface area (Å²) in [5, 5.41) is 0. The fourth-order valence-electron chi connectivity index (χ4n) is 1.64. The molecule has 3 nitrogen and oxygen atoms in total. The minimum Gasteiger partial charge on any atom is -0.493 e. The Morgan fingerprint density at radius 2 is 1.88 bits per heavy atom. The van der Waals surface area contributed by atoms with Gasteiger partial charge in [-0.15, -0.1) is 0 Å². The van der Waals surface area contributed by atoms with Gasteiger partial charge in [0.1, 0.15) is 0 Å². The maximum atomic E-state index is 5.27. The Morgan fingerprint density at radius 1 is 1.19 bits per heavy atom. The summed E-state index contributed by atoms with van der Waals surface area (Å²) >= 11 is 0. The van der Waals surface area contributed by atoms with Crippen molar-refractivity contribution < 1.29 is 9.47 Å². The van der Waals surface area contributed by atoms with Crippen LogP contribution in [0.25, 0.3) is 0 Å². The smallest absolute Gasteiger partial charge is 0.161 e. The van der Waals surface area contributed by atoms with Crippen molar-refractivity contribution in [1.82, 2.24) is 0 Å². The Hall–Kier alpha value is -1.51. The molecule has 1 aromatic rings. The third-order valence-electron chi connectivity index (χ3n) is 2.47. The van der Waals surface area contributed by atoms with Crippen molar-refractivity contribution in [2.75, 3.05) is 21.3 Å². The molecule has 0 aliphatic heterocycles. The molecule has 0 N–H and O–H groups in total. The van der Waals surface area contributed by atoms with Crippen LogP contribution in [0.3, 0.4) is 0 Å². The van der Waals surface area contributed by atoms with E-state index in [1.165, 1.54) is 0 Å². The van der Waals surface area contributed by atoms with Crippen LogP contribution in [0.4, 0.5) is 0 Å². The lowest BCUT2D eigenvalue weighted by Crippen LogP contribution is -2.01. The monoisotopic (exact) mass is 221 g/mol. The summed E-state index contributed by atoms with van der Waals surface area (Å²) in [5.41, 5.74) is 2.20. The van der Waals surface area contributed by atoms with Crippen LogP contribution in [-0.2, 0) is 0 Å². The molecule has 0 aliphatic rings. The standard InChI is InChI=1S/C13H19NO2/c1-5-6-11(14-2)10-7-8-12(15-3)13(9-10)16-4/h7-9H,5-6H2,1-4H3. The largest absolute Gasteiger partial charge is 0.493 e. The molecule has 0 radical (unpaired) electrons. The van der Waals surface area contributed by atoms with Gasteiger partial charge in [0.2, 0.25) is 0 Å². The minimum atomic E-state index is 0.747. The average molecular weight is 221 g/mol. The molecule has 0 bridgehead atoms. The second kappa shape index (κ2) is 6.16. The van der Waals surface area contributed by atoms with Gasteiger partial charge >= 0.3 is 0 Å². The molecular weight excluding hydrogens is 202 g/mol. The molecule has 1 aromatic carbocycles. The van der Waals surface area contributed by atoms with E-state index in [-0.39, 0.29) is 0 Å². The number of aliphatic imine (C=N–C) groups is 1. The number of benzene rings is 1. The Morgan fingerprint density at radius 3 is 2.38 bits per heavy atom. The first-order valence-electron chi connectivity index (χ1n) is 5.44. The van der Waals surface area contributed by atoms with Crippen molar-refractivity contribution in [2.45, 2.75) is 19.8 Å². The van der Waals surface area contributed by atoms with Crippen LogP contribution >= 0.6 is 0 Å². The summed E-state index contributed by atoms with van der Waals surface area (Å²) < 4.78 is 10.5. The number of hydrogen-bond donors (Lipinski definition) is 0. The van der Waals surface area contributed by atoms with Gasteiger partial charge in [0, 0.05) is 12.8 Å². The quantitative estimate of drug-likeness (QED) is 0.716. The van der Waals surface area contributed by atoms with Crippen molar-refractivity contribution in [3.63, 3.8) is 0 Å². The van der Waals surface area contributed by atoms with Gasteiger partial charge in [-0.2, -0.15) is 0 Å². The zero-order chi connectivity index (χ0) is 12.0. The Balaban J connectivity index is 3.06. The zero-order valence-corrected chi connectivity index (χ0v) is 10.4. The predicted molar refractivity (Wildman–Crippen MR) is 66.9 cm³/mol. The van der Waals surface area contributed by atoms with Gasteiger partial charge in [0.25, 0.3) is 0 Å². The number of hydrogen-bond acceptors (Lipinski definition) is 3. The third-order valence-corrected chi connectivity index (χ3v) is 2.47. The van der Waals surface area contributed by atoms with Crippen molar-refractivity contribution >= 4 is 5.71 Å². The Kier molecular flexibility index (Phi) is 4.83. The molecular formula is C13H19NO2. The van der Waals surface area contributed by atoms with E-state index in [1.54, 1.807) is 14.2 Å². The summed E-state index contributed by atoms with van der Waals surface area (Å²) in [6, 6.07) is 5.89. The fourth-order valence-corrected chi connectivity index (χ4v) is 1.64. The molecule has 0 atom stereocenters. The molecule has 3 heteroatoms. The molecule has 88 valence electrons. The second-order valence-corrected chi connectivity index (χ2v) is 3.49. The van der Waals surface area contributed by atoms with E-state index in [9.17, 15) is 0 Å².